The van der Waals surface area contributed by atoms with E-state index < -0.39 is 11.9 Å². The van der Waals surface area contributed by atoms with Gasteiger partial charge >= 0.3 is 0 Å². The van der Waals surface area contributed by atoms with Gasteiger partial charge in [-0.15, -0.1) is 0 Å². The van der Waals surface area contributed by atoms with Crippen LogP contribution in [0.5, 0.6) is 17.2 Å². The molecule has 0 saturated heterocycles. The third-order valence-electron chi connectivity index (χ3n) is 4.28. The molecule has 0 aromatic heterocycles. The minimum Gasteiger partial charge on any atom is -0.497 e. The number of hydrogen-bond donors (Lipinski definition) is 2. The Morgan fingerprint density at radius 1 is 1.19 bits per heavy atom. The van der Waals surface area contributed by atoms with Gasteiger partial charge in [-0.1, -0.05) is 24.8 Å². The van der Waals surface area contributed by atoms with Gasteiger partial charge in [0, 0.05) is 0 Å². The topological polar surface area (TPSA) is 98.2 Å². The number of rotatable bonds is 11. The molecule has 0 bridgehead atoms. The van der Waals surface area contributed by atoms with Crippen LogP contribution in [0.4, 0.5) is 0 Å². The molecule has 32 heavy (non-hydrogen) atoms. The Morgan fingerprint density at radius 2 is 1.91 bits per heavy atom. The van der Waals surface area contributed by atoms with Gasteiger partial charge in [-0.3, -0.25) is 9.59 Å². The molecule has 0 spiro atoms. The summed E-state index contributed by atoms with van der Waals surface area (Å²) in [5.41, 5.74) is 3.91. The highest BCUT2D eigenvalue weighted by Crippen LogP contribution is 2.36. The van der Waals surface area contributed by atoms with E-state index in [9.17, 15) is 9.59 Å². The number of halogens is 1. The number of nitrogens with zero attached hydrogens (tertiary/aromatic N) is 1. The lowest BCUT2D eigenvalue weighted by Gasteiger charge is -2.13. The molecule has 0 aliphatic heterocycles. The lowest BCUT2D eigenvalue weighted by atomic mass is 10.1. The van der Waals surface area contributed by atoms with Crippen LogP contribution < -0.4 is 25.0 Å². The van der Waals surface area contributed by atoms with Crippen molar-refractivity contribution in [2.24, 2.45) is 5.10 Å². The van der Waals surface area contributed by atoms with Crippen LogP contribution in [0.15, 0.2) is 58.6 Å². The van der Waals surface area contributed by atoms with E-state index in [4.69, 9.17) is 14.2 Å². The molecule has 2 aromatic carbocycles. The van der Waals surface area contributed by atoms with Crippen molar-refractivity contribution in [3.8, 4) is 17.2 Å². The van der Waals surface area contributed by atoms with Gasteiger partial charge in [0.15, 0.2) is 11.5 Å². The summed E-state index contributed by atoms with van der Waals surface area (Å²) in [6.45, 7) is 5.54. The molecule has 2 aromatic rings. The number of benzene rings is 2. The van der Waals surface area contributed by atoms with Crippen LogP contribution in [-0.2, 0) is 16.0 Å². The number of amides is 2. The van der Waals surface area contributed by atoms with Gasteiger partial charge in [0.1, 0.15) is 18.4 Å². The fraction of sp³-hybridized carbons (Fsp3) is 0.261. The van der Waals surface area contributed by atoms with Crippen molar-refractivity contribution in [2.75, 3.05) is 20.8 Å². The second-order valence-corrected chi connectivity index (χ2v) is 7.54. The molecule has 1 atom stereocenters. The maximum atomic E-state index is 12.2. The van der Waals surface area contributed by atoms with Gasteiger partial charge in [-0.05, 0) is 58.2 Å². The Kier molecular flexibility index (Phi) is 9.75. The van der Waals surface area contributed by atoms with Crippen molar-refractivity contribution in [3.05, 3.63) is 64.7 Å². The second-order valence-electron chi connectivity index (χ2n) is 6.68. The lowest BCUT2D eigenvalue weighted by Crippen LogP contribution is -2.43. The third kappa shape index (κ3) is 7.42. The van der Waals surface area contributed by atoms with Crippen molar-refractivity contribution in [2.45, 2.75) is 19.4 Å². The van der Waals surface area contributed by atoms with Crippen LogP contribution in [0.2, 0.25) is 0 Å². The Balaban J connectivity index is 1.90. The number of hydrogen-bond acceptors (Lipinski definition) is 6. The normalized spacial score (nSPS) is 11.5. The largest absolute Gasteiger partial charge is 0.497 e. The average molecular weight is 504 g/mol. The van der Waals surface area contributed by atoms with Crippen molar-refractivity contribution < 1.29 is 23.8 Å². The molecule has 0 radical (unpaired) electrons. The maximum Gasteiger partial charge on any atom is 0.262 e. The zero-order valence-corrected chi connectivity index (χ0v) is 19.8. The molecular formula is C23H26BrN3O5. The van der Waals surface area contributed by atoms with Gasteiger partial charge in [-0.25, -0.2) is 5.43 Å². The molecule has 0 fully saturated rings. The molecule has 1 unspecified atom stereocenters. The van der Waals surface area contributed by atoms with Gasteiger partial charge < -0.3 is 19.5 Å². The van der Waals surface area contributed by atoms with Gasteiger partial charge in [0.25, 0.3) is 5.91 Å². The summed E-state index contributed by atoms with van der Waals surface area (Å²) >= 11 is 3.43. The quantitative estimate of drug-likeness (QED) is 0.278. The third-order valence-corrected chi connectivity index (χ3v) is 4.87. The Hall–Kier alpha value is -3.33. The molecule has 0 aliphatic carbocycles. The first-order valence-electron chi connectivity index (χ1n) is 9.74. The molecule has 0 aliphatic rings. The van der Waals surface area contributed by atoms with E-state index in [-0.39, 0.29) is 12.3 Å². The van der Waals surface area contributed by atoms with Crippen LogP contribution in [0, 0.1) is 0 Å². The highest BCUT2D eigenvalue weighted by atomic mass is 79.9. The minimum absolute atomic E-state index is 0.152. The summed E-state index contributed by atoms with van der Waals surface area (Å²) in [5.74, 6) is 1.05. The molecule has 170 valence electrons. The monoisotopic (exact) mass is 503 g/mol. The molecule has 2 amide bonds. The molecule has 9 heteroatoms. The van der Waals surface area contributed by atoms with Gasteiger partial charge in [0.05, 0.1) is 31.3 Å². The summed E-state index contributed by atoms with van der Waals surface area (Å²) in [6, 6.07) is 9.89. The Morgan fingerprint density at radius 3 is 2.53 bits per heavy atom. The number of carbonyl (C=O) groups excluding carboxylic acids is 2. The highest BCUT2D eigenvalue weighted by Gasteiger charge is 2.15. The van der Waals surface area contributed by atoms with Crippen molar-refractivity contribution in [3.63, 3.8) is 0 Å². The van der Waals surface area contributed by atoms with E-state index in [1.54, 1.807) is 56.5 Å². The fourth-order valence-corrected chi connectivity index (χ4v) is 3.22. The zero-order valence-electron chi connectivity index (χ0n) is 18.2. The summed E-state index contributed by atoms with van der Waals surface area (Å²) in [4.78, 5) is 24.4. The second kappa shape index (κ2) is 12.5. The number of carbonyl (C=O) groups is 2. The van der Waals surface area contributed by atoms with Gasteiger partial charge in [0.2, 0.25) is 5.91 Å². The average Bonchev–Trinajstić information content (AvgIpc) is 2.78. The van der Waals surface area contributed by atoms with E-state index in [0.717, 1.165) is 5.56 Å². The fourth-order valence-electron chi connectivity index (χ4n) is 2.65. The van der Waals surface area contributed by atoms with E-state index in [1.165, 1.54) is 13.3 Å². The highest BCUT2D eigenvalue weighted by molar-refractivity contribution is 9.10. The first-order valence-corrected chi connectivity index (χ1v) is 10.5. The first-order chi connectivity index (χ1) is 15.4. The van der Waals surface area contributed by atoms with Crippen molar-refractivity contribution in [1.29, 1.82) is 0 Å². The summed E-state index contributed by atoms with van der Waals surface area (Å²) < 4.78 is 16.7. The smallest absolute Gasteiger partial charge is 0.262 e. The van der Waals surface area contributed by atoms with E-state index >= 15 is 0 Å². The van der Waals surface area contributed by atoms with Crippen molar-refractivity contribution >= 4 is 34.0 Å². The zero-order chi connectivity index (χ0) is 23.5. The molecule has 0 heterocycles. The summed E-state index contributed by atoms with van der Waals surface area (Å²) in [5, 5.41) is 6.61. The van der Waals surface area contributed by atoms with E-state index in [0.29, 0.717) is 33.9 Å². The molecule has 0 saturated carbocycles. The predicted octanol–water partition coefficient (Wildman–Crippen LogP) is 3.23. The van der Waals surface area contributed by atoms with Crippen LogP contribution in [0.25, 0.3) is 0 Å². The standard InChI is InChI=1S/C23H26BrN3O5/c1-5-10-32-22-19(24)11-17(12-20(22)31-4)14-25-27-23(29)15(2)26-21(28)13-16-6-8-18(30-3)9-7-16/h5-9,11-12,14-15H,1,10,13H2,2-4H3,(H,26,28)(H,27,29). The van der Waals surface area contributed by atoms with Gasteiger partial charge in [-0.2, -0.15) is 5.10 Å². The Bertz CT molecular complexity index is 976. The molecule has 2 rings (SSSR count). The number of nitrogens with one attached hydrogen (secondary N) is 2. The van der Waals surface area contributed by atoms with Crippen LogP contribution in [-0.4, -0.2) is 44.9 Å². The number of hydrazone groups is 1. The lowest BCUT2D eigenvalue weighted by molar-refractivity contribution is -0.128. The van der Waals surface area contributed by atoms with Crippen LogP contribution in [0.3, 0.4) is 0 Å². The number of methoxy groups -OCH3 is 2. The predicted molar refractivity (Wildman–Crippen MR) is 126 cm³/mol. The summed E-state index contributed by atoms with van der Waals surface area (Å²) in [6.07, 6.45) is 3.25. The van der Waals surface area contributed by atoms with Crippen LogP contribution >= 0.6 is 15.9 Å². The van der Waals surface area contributed by atoms with E-state index in [1.807, 2.05) is 0 Å². The van der Waals surface area contributed by atoms with Crippen molar-refractivity contribution in [1.82, 2.24) is 10.7 Å². The maximum absolute atomic E-state index is 12.2. The number of ether oxygens (including phenoxy) is 3. The summed E-state index contributed by atoms with van der Waals surface area (Å²) in [7, 11) is 3.11. The minimum atomic E-state index is -0.756. The van der Waals surface area contributed by atoms with Crippen LogP contribution in [0.1, 0.15) is 18.1 Å². The SMILES string of the molecule is C=CCOc1c(Br)cc(C=NNC(=O)C(C)NC(=O)Cc2ccc(OC)cc2)cc1OC. The first kappa shape index (κ1) is 24.9. The Labute approximate surface area is 195 Å². The molecule has 8 nitrogen and oxygen atoms in total. The molecule has 2 N–H and O–H groups in total. The molecular weight excluding hydrogens is 478 g/mol. The van der Waals surface area contributed by atoms with E-state index in [2.05, 4.69) is 38.4 Å².